The van der Waals surface area contributed by atoms with Crippen LogP contribution in [-0.4, -0.2) is 9.97 Å². The van der Waals surface area contributed by atoms with Crippen molar-refractivity contribution in [1.29, 1.82) is 0 Å². The smallest absolute Gasteiger partial charge is 0.225 e. The first-order valence-corrected chi connectivity index (χ1v) is 7.77. The number of anilines is 1. The van der Waals surface area contributed by atoms with Crippen LogP contribution in [0.4, 0.5) is 17.2 Å². The van der Waals surface area contributed by atoms with Crippen molar-refractivity contribution in [2.24, 2.45) is 10.2 Å². The van der Waals surface area contributed by atoms with Gasteiger partial charge in [0.1, 0.15) is 12.0 Å². The van der Waals surface area contributed by atoms with Gasteiger partial charge in [-0.2, -0.15) is 5.11 Å². The quantitative estimate of drug-likeness (QED) is 0.523. The van der Waals surface area contributed by atoms with Crippen LogP contribution in [0.3, 0.4) is 0 Å². The number of azo groups is 1. The van der Waals surface area contributed by atoms with Gasteiger partial charge in [-0.05, 0) is 37.3 Å². The fourth-order valence-corrected chi connectivity index (χ4v) is 2.58. The minimum Gasteiger partial charge on any atom is -0.445 e. The van der Waals surface area contributed by atoms with Crippen molar-refractivity contribution >= 4 is 28.0 Å². The van der Waals surface area contributed by atoms with Crippen LogP contribution in [0.25, 0.3) is 22.2 Å². The summed E-state index contributed by atoms with van der Waals surface area (Å²) in [6, 6.07) is 13.5. The highest BCUT2D eigenvalue weighted by atomic mass is 16.3. The Morgan fingerprint density at radius 1 is 1.00 bits per heavy atom. The lowest BCUT2D eigenvalue weighted by Gasteiger charge is -2.05. The van der Waals surface area contributed by atoms with E-state index in [9.17, 15) is 0 Å². The number of nitrogens with zero attached hydrogens (tertiary/aromatic N) is 4. The molecule has 0 radical (unpaired) electrons. The Kier molecular flexibility index (Phi) is 3.70. The van der Waals surface area contributed by atoms with Crippen molar-refractivity contribution < 1.29 is 4.42 Å². The molecule has 25 heavy (non-hydrogen) atoms. The lowest BCUT2D eigenvalue weighted by molar-refractivity contribution is 0.574. The second kappa shape index (κ2) is 6.16. The van der Waals surface area contributed by atoms with Crippen LogP contribution in [0.1, 0.15) is 5.56 Å². The van der Waals surface area contributed by atoms with Crippen LogP contribution in [0.15, 0.2) is 75.8 Å². The number of hydrogen-bond acceptors (Lipinski definition) is 6. The van der Waals surface area contributed by atoms with Gasteiger partial charge in [0.2, 0.25) is 5.89 Å². The van der Waals surface area contributed by atoms with Gasteiger partial charge in [0.05, 0.1) is 11.9 Å². The number of fused-ring (bicyclic) bond motifs is 1. The van der Waals surface area contributed by atoms with Gasteiger partial charge >= 0.3 is 0 Å². The van der Waals surface area contributed by atoms with E-state index in [1.807, 2.05) is 49.4 Å². The molecule has 0 aliphatic carbocycles. The van der Waals surface area contributed by atoms with Gasteiger partial charge in [0.25, 0.3) is 0 Å². The van der Waals surface area contributed by atoms with Crippen LogP contribution in [-0.2, 0) is 0 Å². The van der Waals surface area contributed by atoms with Gasteiger partial charge in [0, 0.05) is 22.5 Å². The number of aryl methyl sites for hydroxylation is 1. The molecule has 6 heteroatoms. The number of aromatic nitrogens is 2. The first kappa shape index (κ1) is 15.0. The molecule has 0 bridgehead atoms. The van der Waals surface area contributed by atoms with E-state index < -0.39 is 0 Å². The summed E-state index contributed by atoms with van der Waals surface area (Å²) in [6.45, 7) is 2.03. The highest BCUT2D eigenvalue weighted by Crippen LogP contribution is 2.32. The molecule has 4 aromatic rings. The van der Waals surface area contributed by atoms with Gasteiger partial charge in [0.15, 0.2) is 5.82 Å². The van der Waals surface area contributed by atoms with Crippen LogP contribution >= 0.6 is 0 Å². The number of hydrogen-bond donors (Lipinski definition) is 1. The molecule has 0 fully saturated rings. The molecule has 0 aliphatic rings. The molecule has 122 valence electrons. The summed E-state index contributed by atoms with van der Waals surface area (Å²) in [5, 5.41) is 10.5. The van der Waals surface area contributed by atoms with Gasteiger partial charge in [-0.3, -0.25) is 0 Å². The zero-order chi connectivity index (χ0) is 17.2. The molecule has 2 heterocycles. The molecule has 0 aliphatic heterocycles. The van der Waals surface area contributed by atoms with E-state index >= 15 is 0 Å². The molecular formula is C19H15N5O. The van der Waals surface area contributed by atoms with Crippen LogP contribution in [0.2, 0.25) is 0 Å². The van der Waals surface area contributed by atoms with Crippen molar-refractivity contribution in [3.8, 4) is 11.5 Å². The molecule has 2 aromatic carbocycles. The Labute approximate surface area is 144 Å². The van der Waals surface area contributed by atoms with Crippen LogP contribution in [0, 0.1) is 6.92 Å². The number of pyridine rings is 1. The minimum absolute atomic E-state index is 0.359. The maximum absolute atomic E-state index is 6.00. The highest BCUT2D eigenvalue weighted by Gasteiger charge is 2.07. The topological polar surface area (TPSA) is 89.7 Å². The molecule has 4 rings (SSSR count). The highest BCUT2D eigenvalue weighted by molar-refractivity contribution is 5.96. The first-order chi connectivity index (χ1) is 12.2. The van der Waals surface area contributed by atoms with E-state index in [1.165, 1.54) is 0 Å². The second-order valence-electron chi connectivity index (χ2n) is 5.67. The average Bonchev–Trinajstić information content (AvgIpc) is 3.16. The van der Waals surface area contributed by atoms with Crippen molar-refractivity contribution in [3.63, 3.8) is 0 Å². The Bertz CT molecular complexity index is 1050. The van der Waals surface area contributed by atoms with Crippen LogP contribution in [0.5, 0.6) is 0 Å². The Morgan fingerprint density at radius 3 is 2.60 bits per heavy atom. The van der Waals surface area contributed by atoms with Crippen molar-refractivity contribution in [3.05, 3.63) is 66.7 Å². The lowest BCUT2D eigenvalue weighted by Crippen LogP contribution is -1.91. The van der Waals surface area contributed by atoms with E-state index in [1.54, 1.807) is 18.7 Å². The van der Waals surface area contributed by atoms with Crippen LogP contribution < -0.4 is 5.73 Å². The first-order valence-electron chi connectivity index (χ1n) is 7.77. The zero-order valence-electron chi connectivity index (χ0n) is 13.5. The SMILES string of the molecule is Cc1ccc2cnc(N)c(N=Nc3ccc(-c4ncco4)cc3)c2c1. The summed E-state index contributed by atoms with van der Waals surface area (Å²) in [4.78, 5) is 8.32. The molecule has 0 saturated heterocycles. The molecule has 0 saturated carbocycles. The number of nitrogens with two attached hydrogens (primary N) is 1. The molecule has 2 aromatic heterocycles. The van der Waals surface area contributed by atoms with E-state index in [2.05, 4.69) is 20.2 Å². The molecular weight excluding hydrogens is 314 g/mol. The molecule has 6 nitrogen and oxygen atoms in total. The number of rotatable bonds is 3. The second-order valence-corrected chi connectivity index (χ2v) is 5.67. The third-order valence-electron chi connectivity index (χ3n) is 3.86. The Morgan fingerprint density at radius 2 is 1.84 bits per heavy atom. The van der Waals surface area contributed by atoms with Gasteiger partial charge < -0.3 is 10.2 Å². The third kappa shape index (κ3) is 2.97. The van der Waals surface area contributed by atoms with E-state index in [0.717, 1.165) is 21.9 Å². The van der Waals surface area contributed by atoms with Crippen molar-refractivity contribution in [2.75, 3.05) is 5.73 Å². The minimum atomic E-state index is 0.359. The van der Waals surface area contributed by atoms with Crippen molar-refractivity contribution in [1.82, 2.24) is 9.97 Å². The van der Waals surface area contributed by atoms with E-state index in [0.29, 0.717) is 23.1 Å². The zero-order valence-corrected chi connectivity index (χ0v) is 13.5. The predicted octanol–water partition coefficient (Wildman–Crippen LogP) is 5.20. The monoisotopic (exact) mass is 329 g/mol. The summed E-state index contributed by atoms with van der Waals surface area (Å²) >= 11 is 0. The summed E-state index contributed by atoms with van der Waals surface area (Å²) in [5.74, 6) is 0.930. The summed E-state index contributed by atoms with van der Waals surface area (Å²) in [6.07, 6.45) is 4.90. The van der Waals surface area contributed by atoms with Gasteiger partial charge in [-0.15, -0.1) is 5.11 Å². The third-order valence-corrected chi connectivity index (χ3v) is 3.86. The Balaban J connectivity index is 1.69. The standard InChI is InChI=1S/C19H15N5O/c1-12-2-3-14-11-22-18(20)17(16(14)10-12)24-23-15-6-4-13(5-7-15)19-21-8-9-25-19/h2-11H,1H3,(H2,20,22). The molecule has 0 spiro atoms. The summed E-state index contributed by atoms with van der Waals surface area (Å²) in [7, 11) is 0. The van der Waals surface area contributed by atoms with E-state index in [4.69, 9.17) is 10.2 Å². The number of benzene rings is 2. The van der Waals surface area contributed by atoms with Crippen molar-refractivity contribution in [2.45, 2.75) is 6.92 Å². The number of oxazole rings is 1. The molecule has 0 amide bonds. The van der Waals surface area contributed by atoms with E-state index in [-0.39, 0.29) is 0 Å². The van der Waals surface area contributed by atoms with Gasteiger partial charge in [-0.1, -0.05) is 17.7 Å². The molecule has 2 N–H and O–H groups in total. The summed E-state index contributed by atoms with van der Waals surface area (Å²) in [5.41, 5.74) is 9.30. The fourth-order valence-electron chi connectivity index (χ4n) is 2.58. The molecule has 0 unspecified atom stereocenters. The Hall–Kier alpha value is -3.54. The fraction of sp³-hybridized carbons (Fsp3) is 0.0526. The maximum atomic E-state index is 6.00. The average molecular weight is 329 g/mol. The predicted molar refractivity (Wildman–Crippen MR) is 97.0 cm³/mol. The largest absolute Gasteiger partial charge is 0.445 e. The maximum Gasteiger partial charge on any atom is 0.225 e. The van der Waals surface area contributed by atoms with Gasteiger partial charge in [-0.25, -0.2) is 9.97 Å². The lowest BCUT2D eigenvalue weighted by atomic mass is 10.1. The molecule has 0 atom stereocenters. The number of nitrogen functional groups attached to an aromatic ring is 1. The normalized spacial score (nSPS) is 11.4. The summed E-state index contributed by atoms with van der Waals surface area (Å²) < 4.78 is 5.27.